The van der Waals surface area contributed by atoms with Crippen molar-refractivity contribution in [3.05, 3.63) is 29.8 Å². The van der Waals surface area contributed by atoms with Gasteiger partial charge in [0.2, 0.25) is 11.8 Å². The van der Waals surface area contributed by atoms with E-state index in [-0.39, 0.29) is 24.4 Å². The Labute approximate surface area is 123 Å². The van der Waals surface area contributed by atoms with Gasteiger partial charge in [0.1, 0.15) is 6.07 Å². The second-order valence-corrected chi connectivity index (χ2v) is 4.95. The quantitative estimate of drug-likeness (QED) is 0.853. The molecule has 1 heterocycles. The van der Waals surface area contributed by atoms with E-state index < -0.39 is 0 Å². The van der Waals surface area contributed by atoms with Crippen LogP contribution in [0.1, 0.15) is 18.4 Å². The van der Waals surface area contributed by atoms with Crippen LogP contribution in [0.15, 0.2) is 24.3 Å². The highest BCUT2D eigenvalue weighted by atomic mass is 16.2. The second kappa shape index (κ2) is 6.86. The molecular formula is C15H18N4O2. The number of rotatable bonds is 4. The number of hydrogen-bond acceptors (Lipinski definition) is 4. The lowest BCUT2D eigenvalue weighted by atomic mass is 10.2. The summed E-state index contributed by atoms with van der Waals surface area (Å²) in [6.45, 7) is 0.878. The van der Waals surface area contributed by atoms with E-state index in [1.54, 1.807) is 31.3 Å². The Balaban J connectivity index is 1.99. The molecule has 1 saturated heterocycles. The normalized spacial score (nSPS) is 18.0. The first-order valence-corrected chi connectivity index (χ1v) is 6.90. The van der Waals surface area contributed by atoms with Crippen LogP contribution in [0.25, 0.3) is 0 Å². The van der Waals surface area contributed by atoms with Gasteiger partial charge in [-0.15, -0.1) is 0 Å². The SMILES string of the molecule is CNC(=O)C1CCCN1CC(=O)Nc1ccccc1C#N. The van der Waals surface area contributed by atoms with E-state index in [0.717, 1.165) is 19.4 Å². The fourth-order valence-electron chi connectivity index (χ4n) is 2.54. The van der Waals surface area contributed by atoms with Crippen molar-refractivity contribution in [2.24, 2.45) is 0 Å². The van der Waals surface area contributed by atoms with Crippen LogP contribution < -0.4 is 10.6 Å². The molecule has 0 aromatic heterocycles. The predicted molar refractivity (Wildman–Crippen MR) is 78.4 cm³/mol. The first kappa shape index (κ1) is 15.0. The van der Waals surface area contributed by atoms with Crippen molar-refractivity contribution in [2.45, 2.75) is 18.9 Å². The van der Waals surface area contributed by atoms with E-state index in [1.165, 1.54) is 0 Å². The third kappa shape index (κ3) is 3.58. The smallest absolute Gasteiger partial charge is 0.238 e. The van der Waals surface area contributed by atoms with Gasteiger partial charge in [-0.3, -0.25) is 14.5 Å². The summed E-state index contributed by atoms with van der Waals surface area (Å²) >= 11 is 0. The Morgan fingerprint density at radius 3 is 2.90 bits per heavy atom. The molecule has 1 aromatic rings. The molecule has 0 saturated carbocycles. The number of para-hydroxylation sites is 1. The van der Waals surface area contributed by atoms with Crippen LogP contribution in [0, 0.1) is 11.3 Å². The number of carbonyl (C=O) groups excluding carboxylic acids is 2. The Morgan fingerprint density at radius 2 is 2.19 bits per heavy atom. The van der Waals surface area contributed by atoms with E-state index in [0.29, 0.717) is 11.3 Å². The van der Waals surface area contributed by atoms with Crippen molar-refractivity contribution in [1.29, 1.82) is 5.26 Å². The summed E-state index contributed by atoms with van der Waals surface area (Å²) in [4.78, 5) is 25.7. The first-order valence-electron chi connectivity index (χ1n) is 6.90. The number of nitrogens with zero attached hydrogens (tertiary/aromatic N) is 2. The predicted octanol–water partition coefficient (Wildman–Crippen LogP) is 0.707. The lowest BCUT2D eigenvalue weighted by Crippen LogP contribution is -2.45. The van der Waals surface area contributed by atoms with E-state index in [9.17, 15) is 9.59 Å². The molecule has 1 fully saturated rings. The summed E-state index contributed by atoms with van der Waals surface area (Å²) in [5, 5.41) is 14.4. The zero-order valence-electron chi connectivity index (χ0n) is 11.9. The molecule has 2 rings (SSSR count). The molecule has 110 valence electrons. The van der Waals surface area contributed by atoms with Crippen molar-refractivity contribution in [2.75, 3.05) is 25.5 Å². The van der Waals surface area contributed by atoms with E-state index >= 15 is 0 Å². The molecule has 21 heavy (non-hydrogen) atoms. The maximum Gasteiger partial charge on any atom is 0.238 e. The Bertz CT molecular complexity index is 579. The molecule has 2 N–H and O–H groups in total. The minimum Gasteiger partial charge on any atom is -0.358 e. The fourth-order valence-corrected chi connectivity index (χ4v) is 2.54. The number of hydrogen-bond donors (Lipinski definition) is 2. The molecule has 6 heteroatoms. The Morgan fingerprint density at radius 1 is 1.43 bits per heavy atom. The zero-order valence-corrected chi connectivity index (χ0v) is 11.9. The van der Waals surface area contributed by atoms with Gasteiger partial charge in [-0.25, -0.2) is 0 Å². The highest BCUT2D eigenvalue weighted by Crippen LogP contribution is 2.18. The molecular weight excluding hydrogens is 268 g/mol. The van der Waals surface area contributed by atoms with Gasteiger partial charge in [-0.05, 0) is 31.5 Å². The van der Waals surface area contributed by atoms with Crippen molar-refractivity contribution >= 4 is 17.5 Å². The van der Waals surface area contributed by atoms with Crippen molar-refractivity contribution in [3.8, 4) is 6.07 Å². The van der Waals surface area contributed by atoms with E-state index in [4.69, 9.17) is 5.26 Å². The lowest BCUT2D eigenvalue weighted by Gasteiger charge is -2.22. The van der Waals surface area contributed by atoms with Crippen LogP contribution in [0.2, 0.25) is 0 Å². The highest BCUT2D eigenvalue weighted by molar-refractivity contribution is 5.94. The summed E-state index contributed by atoms with van der Waals surface area (Å²) in [7, 11) is 1.60. The minimum absolute atomic E-state index is 0.0577. The third-order valence-electron chi connectivity index (χ3n) is 3.58. The molecule has 2 amide bonds. The molecule has 6 nitrogen and oxygen atoms in total. The average Bonchev–Trinajstić information content (AvgIpc) is 2.95. The molecule has 0 radical (unpaired) electrons. The standard InChI is InChI=1S/C15H18N4O2/c1-17-15(21)13-7-4-8-19(13)10-14(20)18-12-6-3-2-5-11(12)9-16/h2-3,5-6,13H,4,7-8,10H2,1H3,(H,17,21)(H,18,20). The van der Waals surface area contributed by atoms with Crippen LogP contribution in [0.4, 0.5) is 5.69 Å². The van der Waals surface area contributed by atoms with Crippen LogP contribution in [0.3, 0.4) is 0 Å². The van der Waals surface area contributed by atoms with Crippen molar-refractivity contribution in [1.82, 2.24) is 10.2 Å². The van der Waals surface area contributed by atoms with Crippen molar-refractivity contribution in [3.63, 3.8) is 0 Å². The second-order valence-electron chi connectivity index (χ2n) is 4.95. The highest BCUT2D eigenvalue weighted by Gasteiger charge is 2.31. The third-order valence-corrected chi connectivity index (χ3v) is 3.58. The molecule has 1 aliphatic rings. The summed E-state index contributed by atoms with van der Waals surface area (Å²) in [5.74, 6) is -0.272. The fraction of sp³-hybridized carbons (Fsp3) is 0.400. The first-order chi connectivity index (χ1) is 10.2. The van der Waals surface area contributed by atoms with Crippen LogP contribution in [0.5, 0.6) is 0 Å². The van der Waals surface area contributed by atoms with Gasteiger partial charge in [-0.1, -0.05) is 12.1 Å². The minimum atomic E-state index is -0.244. The maximum atomic E-state index is 12.1. The number of nitrogens with one attached hydrogen (secondary N) is 2. The van der Waals surface area contributed by atoms with Crippen LogP contribution in [-0.2, 0) is 9.59 Å². The molecule has 0 bridgehead atoms. The molecule has 1 unspecified atom stereocenters. The lowest BCUT2D eigenvalue weighted by molar-refractivity contribution is -0.126. The van der Waals surface area contributed by atoms with Gasteiger partial charge in [0.05, 0.1) is 23.8 Å². The summed E-state index contributed by atoms with van der Waals surface area (Å²) in [6, 6.07) is 8.65. The van der Waals surface area contributed by atoms with Crippen LogP contribution >= 0.6 is 0 Å². The molecule has 0 aliphatic carbocycles. The largest absolute Gasteiger partial charge is 0.358 e. The van der Waals surface area contributed by atoms with Gasteiger partial charge in [0, 0.05) is 7.05 Å². The van der Waals surface area contributed by atoms with Crippen molar-refractivity contribution < 1.29 is 9.59 Å². The molecule has 1 atom stereocenters. The Hall–Kier alpha value is -2.39. The van der Waals surface area contributed by atoms with E-state index in [1.807, 2.05) is 11.0 Å². The molecule has 1 aromatic carbocycles. The van der Waals surface area contributed by atoms with Gasteiger partial charge >= 0.3 is 0 Å². The number of carbonyl (C=O) groups is 2. The molecule has 1 aliphatic heterocycles. The number of amides is 2. The van der Waals surface area contributed by atoms with Crippen LogP contribution in [-0.4, -0.2) is 42.9 Å². The summed E-state index contributed by atoms with van der Waals surface area (Å²) < 4.78 is 0. The topological polar surface area (TPSA) is 85.2 Å². The van der Waals surface area contributed by atoms with Gasteiger partial charge in [0.15, 0.2) is 0 Å². The Kier molecular flexibility index (Phi) is 4.90. The van der Waals surface area contributed by atoms with Gasteiger partial charge in [-0.2, -0.15) is 5.26 Å². The number of likely N-dealkylation sites (N-methyl/N-ethyl adjacent to an activating group) is 1. The number of nitriles is 1. The van der Waals surface area contributed by atoms with Gasteiger partial charge < -0.3 is 10.6 Å². The number of anilines is 1. The average molecular weight is 286 g/mol. The van der Waals surface area contributed by atoms with E-state index in [2.05, 4.69) is 10.6 Å². The molecule has 0 spiro atoms. The number of benzene rings is 1. The summed E-state index contributed by atoms with van der Waals surface area (Å²) in [6.07, 6.45) is 1.67. The monoisotopic (exact) mass is 286 g/mol. The number of likely N-dealkylation sites (tertiary alicyclic amines) is 1. The zero-order chi connectivity index (χ0) is 15.2. The van der Waals surface area contributed by atoms with Gasteiger partial charge in [0.25, 0.3) is 0 Å². The summed E-state index contributed by atoms with van der Waals surface area (Å²) in [5.41, 5.74) is 0.927. The maximum absolute atomic E-state index is 12.1.